The van der Waals surface area contributed by atoms with E-state index in [1.54, 1.807) is 0 Å². The van der Waals surface area contributed by atoms with Gasteiger partial charge in [-0.25, -0.2) is 0 Å². The molecule has 2 heteroatoms. The van der Waals surface area contributed by atoms with Gasteiger partial charge in [-0.1, -0.05) is 103 Å². The molecule has 37 heavy (non-hydrogen) atoms. The van der Waals surface area contributed by atoms with E-state index in [9.17, 15) is 0 Å². The van der Waals surface area contributed by atoms with Crippen LogP contribution in [0.4, 0.5) is 0 Å². The maximum Gasteiger partial charge on any atom is 0.143 e. The maximum absolute atomic E-state index is 6.68. The molecule has 2 heterocycles. The van der Waals surface area contributed by atoms with Gasteiger partial charge in [0.05, 0.1) is 5.41 Å². The van der Waals surface area contributed by atoms with E-state index in [4.69, 9.17) is 9.15 Å². The number of hydrogen-bond acceptors (Lipinski definition) is 2. The quantitative estimate of drug-likeness (QED) is 0.219. The van der Waals surface area contributed by atoms with Crippen molar-refractivity contribution >= 4 is 32.7 Å². The molecule has 172 valence electrons. The van der Waals surface area contributed by atoms with Crippen molar-refractivity contribution in [3.63, 3.8) is 0 Å². The van der Waals surface area contributed by atoms with E-state index >= 15 is 0 Å². The fraction of sp³-hybridized carbons (Fsp3) is 0.0286. The molecule has 0 unspecified atom stereocenters. The van der Waals surface area contributed by atoms with E-state index in [2.05, 4.69) is 115 Å². The van der Waals surface area contributed by atoms with Crippen molar-refractivity contribution in [2.24, 2.45) is 0 Å². The zero-order chi connectivity index (χ0) is 24.1. The van der Waals surface area contributed by atoms with Gasteiger partial charge in [-0.3, -0.25) is 0 Å². The first kappa shape index (κ1) is 19.4. The molecule has 0 fully saturated rings. The topological polar surface area (TPSA) is 22.4 Å². The molecule has 2 aliphatic rings. The molecule has 1 aliphatic heterocycles. The van der Waals surface area contributed by atoms with Crippen LogP contribution in [0.15, 0.2) is 126 Å². The lowest BCUT2D eigenvalue weighted by Crippen LogP contribution is -2.32. The standard InChI is InChI=1S/C35H20O2/c1-2-10-22-21(9-1)17-19-27-32(22)33-28(20-18-24-23-11-3-6-14-29(23)37-34(24)33)35(27)25-12-4-7-15-30(25)36-31-16-8-5-13-26(31)35/h1-20H. The van der Waals surface area contributed by atoms with Crippen molar-refractivity contribution in [2.45, 2.75) is 5.41 Å². The molecule has 6 aromatic carbocycles. The van der Waals surface area contributed by atoms with Crippen LogP contribution in [0, 0.1) is 0 Å². The van der Waals surface area contributed by atoms with E-state index in [0.717, 1.165) is 33.4 Å². The van der Waals surface area contributed by atoms with Crippen LogP contribution < -0.4 is 4.74 Å². The Morgan fingerprint density at radius 3 is 1.86 bits per heavy atom. The third-order valence-corrected chi connectivity index (χ3v) is 8.34. The highest BCUT2D eigenvalue weighted by Crippen LogP contribution is 2.64. The van der Waals surface area contributed by atoms with Crippen LogP contribution in [0.25, 0.3) is 43.8 Å². The predicted octanol–water partition coefficient (Wildman–Crippen LogP) is 9.21. The monoisotopic (exact) mass is 472 g/mol. The predicted molar refractivity (Wildman–Crippen MR) is 149 cm³/mol. The Labute approximate surface area is 213 Å². The summed E-state index contributed by atoms with van der Waals surface area (Å²) in [4.78, 5) is 0. The van der Waals surface area contributed by atoms with Crippen molar-refractivity contribution in [3.05, 3.63) is 144 Å². The molecule has 0 bridgehead atoms. The minimum atomic E-state index is -0.507. The van der Waals surface area contributed by atoms with Crippen LogP contribution in [0.3, 0.4) is 0 Å². The molecular formula is C35H20O2. The number of ether oxygens (including phenoxy) is 1. The Morgan fingerprint density at radius 1 is 0.432 bits per heavy atom. The van der Waals surface area contributed by atoms with Crippen molar-refractivity contribution in [1.82, 2.24) is 0 Å². The molecule has 9 rings (SSSR count). The molecule has 0 amide bonds. The van der Waals surface area contributed by atoms with Crippen LogP contribution in [0.2, 0.25) is 0 Å². The minimum Gasteiger partial charge on any atom is -0.457 e. The normalized spacial score (nSPS) is 14.4. The lowest BCUT2D eigenvalue weighted by atomic mass is 9.66. The van der Waals surface area contributed by atoms with Gasteiger partial charge < -0.3 is 9.15 Å². The van der Waals surface area contributed by atoms with E-state index in [1.165, 1.54) is 44.2 Å². The van der Waals surface area contributed by atoms with Gasteiger partial charge >= 0.3 is 0 Å². The van der Waals surface area contributed by atoms with Gasteiger partial charge in [0.2, 0.25) is 0 Å². The number of fused-ring (bicyclic) bond motifs is 15. The van der Waals surface area contributed by atoms with E-state index in [0.29, 0.717) is 0 Å². The Kier molecular flexibility index (Phi) is 3.50. The second-order valence-electron chi connectivity index (χ2n) is 10.0. The number of para-hydroxylation sites is 3. The van der Waals surface area contributed by atoms with Gasteiger partial charge in [-0.05, 0) is 45.7 Å². The van der Waals surface area contributed by atoms with Crippen molar-refractivity contribution in [1.29, 1.82) is 0 Å². The van der Waals surface area contributed by atoms with Crippen molar-refractivity contribution in [3.8, 4) is 22.6 Å². The highest BCUT2D eigenvalue weighted by atomic mass is 16.5. The molecule has 7 aromatic rings. The molecule has 0 saturated heterocycles. The van der Waals surface area contributed by atoms with Crippen LogP contribution in [-0.2, 0) is 5.41 Å². The van der Waals surface area contributed by atoms with Gasteiger partial charge in [0.25, 0.3) is 0 Å². The third-order valence-electron chi connectivity index (χ3n) is 8.34. The van der Waals surface area contributed by atoms with Crippen LogP contribution >= 0.6 is 0 Å². The zero-order valence-electron chi connectivity index (χ0n) is 19.9. The molecule has 1 aliphatic carbocycles. The fourth-order valence-electron chi connectivity index (χ4n) is 6.92. The zero-order valence-corrected chi connectivity index (χ0v) is 19.9. The molecular weight excluding hydrogens is 452 g/mol. The summed E-state index contributed by atoms with van der Waals surface area (Å²) < 4.78 is 13.2. The first-order chi connectivity index (χ1) is 18.4. The highest BCUT2D eigenvalue weighted by Gasteiger charge is 2.52. The van der Waals surface area contributed by atoms with Crippen molar-refractivity contribution < 1.29 is 9.15 Å². The summed E-state index contributed by atoms with van der Waals surface area (Å²) >= 11 is 0. The number of benzene rings is 6. The molecule has 1 aromatic heterocycles. The van der Waals surface area contributed by atoms with Crippen LogP contribution in [0.5, 0.6) is 11.5 Å². The SMILES string of the molecule is c1ccc2c(c1)Oc1ccccc1C21c2ccc3ccccc3c2-c2c1ccc1c2oc2ccccc21. The average molecular weight is 473 g/mol. The van der Waals surface area contributed by atoms with Gasteiger partial charge in [0.15, 0.2) is 0 Å². The Morgan fingerprint density at radius 2 is 1.05 bits per heavy atom. The highest BCUT2D eigenvalue weighted by molar-refractivity contribution is 6.16. The van der Waals surface area contributed by atoms with Gasteiger partial charge in [0.1, 0.15) is 22.7 Å². The van der Waals surface area contributed by atoms with E-state index < -0.39 is 5.41 Å². The maximum atomic E-state index is 6.68. The number of furan rings is 1. The average Bonchev–Trinajstić information content (AvgIpc) is 3.48. The van der Waals surface area contributed by atoms with Crippen molar-refractivity contribution in [2.75, 3.05) is 0 Å². The lowest BCUT2D eigenvalue weighted by molar-refractivity contribution is 0.436. The summed E-state index contributed by atoms with van der Waals surface area (Å²) in [5.74, 6) is 1.80. The Balaban J connectivity index is 1.57. The third kappa shape index (κ3) is 2.23. The number of hydrogen-bond donors (Lipinski definition) is 0. The molecule has 0 atom stereocenters. The summed E-state index contributed by atoms with van der Waals surface area (Å²) in [6.45, 7) is 0. The molecule has 0 saturated carbocycles. The lowest BCUT2D eigenvalue weighted by Gasteiger charge is -2.39. The summed E-state index contributed by atoms with van der Waals surface area (Å²) in [6.07, 6.45) is 0. The molecule has 2 nitrogen and oxygen atoms in total. The van der Waals surface area contributed by atoms with Gasteiger partial charge in [-0.2, -0.15) is 0 Å². The summed E-state index contributed by atoms with van der Waals surface area (Å²) in [5.41, 5.74) is 8.66. The smallest absolute Gasteiger partial charge is 0.143 e. The Bertz CT molecular complexity index is 2030. The first-order valence-corrected chi connectivity index (χ1v) is 12.7. The molecule has 0 N–H and O–H groups in total. The van der Waals surface area contributed by atoms with Gasteiger partial charge in [0, 0.05) is 27.5 Å². The molecule has 0 radical (unpaired) electrons. The van der Waals surface area contributed by atoms with E-state index in [-0.39, 0.29) is 0 Å². The summed E-state index contributed by atoms with van der Waals surface area (Å²) in [7, 11) is 0. The molecule has 1 spiro atoms. The number of rotatable bonds is 0. The minimum absolute atomic E-state index is 0.507. The fourth-order valence-corrected chi connectivity index (χ4v) is 6.92. The second kappa shape index (κ2) is 6.68. The first-order valence-electron chi connectivity index (χ1n) is 12.7. The van der Waals surface area contributed by atoms with Gasteiger partial charge in [-0.15, -0.1) is 0 Å². The Hall–Kier alpha value is -4.82. The second-order valence-corrected chi connectivity index (χ2v) is 10.0. The van der Waals surface area contributed by atoms with E-state index in [1.807, 2.05) is 6.07 Å². The summed E-state index contributed by atoms with van der Waals surface area (Å²) in [6, 6.07) is 43.2. The van der Waals surface area contributed by atoms with Crippen LogP contribution in [0.1, 0.15) is 22.3 Å². The summed E-state index contributed by atoms with van der Waals surface area (Å²) in [5, 5.41) is 4.77. The van der Waals surface area contributed by atoms with Crippen LogP contribution in [-0.4, -0.2) is 0 Å². The largest absolute Gasteiger partial charge is 0.457 e.